The van der Waals surface area contributed by atoms with Crippen LogP contribution >= 0.6 is 0 Å². The zero-order valence-electron chi connectivity index (χ0n) is 16.3. The largest absolute Gasteiger partial charge is 0.733 e. The van der Waals surface area contributed by atoms with Gasteiger partial charge >= 0.3 is 5.97 Å². The van der Waals surface area contributed by atoms with Crippen molar-refractivity contribution in [3.8, 4) is 17.2 Å². The fourth-order valence-corrected chi connectivity index (χ4v) is 3.09. The Bertz CT molecular complexity index is 1200. The highest BCUT2D eigenvalue weighted by Crippen LogP contribution is 2.35. The molecule has 8 nitrogen and oxygen atoms in total. The smallest absolute Gasteiger partial charge is 0.347 e. The van der Waals surface area contributed by atoms with Gasteiger partial charge < -0.3 is 24.6 Å². The van der Waals surface area contributed by atoms with Crippen LogP contribution in [0.25, 0.3) is 6.08 Å². The molecule has 0 aromatic heterocycles. The summed E-state index contributed by atoms with van der Waals surface area (Å²) in [6, 6.07) is 17.2. The third-order valence-electron chi connectivity index (χ3n) is 4.57. The highest BCUT2D eigenvalue weighted by Gasteiger charge is 2.28. The second-order valence-electron chi connectivity index (χ2n) is 6.56. The monoisotopic (exact) mass is 418 g/mol. The van der Waals surface area contributed by atoms with Crippen LogP contribution in [0.5, 0.6) is 17.2 Å². The summed E-state index contributed by atoms with van der Waals surface area (Å²) in [5.74, 6) is -0.104. The van der Waals surface area contributed by atoms with E-state index in [0.29, 0.717) is 16.9 Å². The fourth-order valence-electron chi connectivity index (χ4n) is 3.09. The molecule has 3 aromatic rings. The van der Waals surface area contributed by atoms with Crippen molar-refractivity contribution in [2.75, 3.05) is 12.3 Å². The van der Waals surface area contributed by atoms with Gasteiger partial charge in [0.05, 0.1) is 18.4 Å². The minimum absolute atomic E-state index is 0.0165. The molecule has 1 heterocycles. The van der Waals surface area contributed by atoms with Gasteiger partial charge in [0.2, 0.25) is 5.78 Å². The van der Waals surface area contributed by atoms with Crippen molar-refractivity contribution >= 4 is 23.5 Å². The van der Waals surface area contributed by atoms with E-state index in [2.05, 4.69) is 0 Å². The molecule has 1 N–H and O–H groups in total. The number of anilines is 1. The van der Waals surface area contributed by atoms with E-state index in [0.717, 1.165) is 0 Å². The van der Waals surface area contributed by atoms with Gasteiger partial charge in [-0.2, -0.15) is 0 Å². The molecule has 0 aliphatic carbocycles. The number of hydrogen-bond donors (Lipinski definition) is 1. The maximum atomic E-state index is 12.6. The Balaban J connectivity index is 1.56. The number of carbonyl (C=O) groups excluding carboxylic acids is 2. The van der Waals surface area contributed by atoms with Gasteiger partial charge in [-0.1, -0.05) is 24.3 Å². The summed E-state index contributed by atoms with van der Waals surface area (Å²) in [5.41, 5.74) is 1.08. The minimum Gasteiger partial charge on any atom is -0.733 e. The molecule has 31 heavy (non-hydrogen) atoms. The lowest BCUT2D eigenvalue weighted by atomic mass is 10.1. The first-order valence-corrected chi connectivity index (χ1v) is 9.16. The summed E-state index contributed by atoms with van der Waals surface area (Å²) in [4.78, 5) is 25.1. The van der Waals surface area contributed by atoms with Crippen LogP contribution in [0, 0.1) is 5.21 Å². The molecule has 0 bridgehead atoms. The number of nitrogens with zero attached hydrogens (tertiary/aromatic N) is 1. The third-order valence-corrected chi connectivity index (χ3v) is 4.57. The number of benzene rings is 3. The first-order chi connectivity index (χ1) is 15.0. The predicted molar refractivity (Wildman–Crippen MR) is 111 cm³/mol. The summed E-state index contributed by atoms with van der Waals surface area (Å²) in [5, 5.41) is 19.8. The van der Waals surface area contributed by atoms with Crippen LogP contribution in [-0.2, 0) is 0 Å². The van der Waals surface area contributed by atoms with Gasteiger partial charge in [-0.3, -0.25) is 10.0 Å². The molecule has 0 radical (unpaired) electrons. The number of fused-ring (bicyclic) bond motifs is 1. The minimum atomic E-state index is -0.611. The maximum Gasteiger partial charge on any atom is 0.347 e. The first kappa shape index (κ1) is 20.1. The molecule has 0 fully saturated rings. The van der Waals surface area contributed by atoms with Crippen LogP contribution in [-0.4, -0.2) is 24.1 Å². The van der Waals surface area contributed by atoms with E-state index < -0.39 is 5.97 Å². The number of methoxy groups -OCH3 is 1. The molecule has 1 aliphatic rings. The van der Waals surface area contributed by atoms with E-state index >= 15 is 0 Å². The van der Waals surface area contributed by atoms with Crippen LogP contribution in [0.2, 0.25) is 0 Å². The Morgan fingerprint density at radius 1 is 1.10 bits per heavy atom. The van der Waals surface area contributed by atoms with Crippen molar-refractivity contribution in [3.05, 3.63) is 94.4 Å². The lowest BCUT2D eigenvalue weighted by molar-refractivity contribution is 0.0731. The average molecular weight is 418 g/mol. The van der Waals surface area contributed by atoms with Crippen molar-refractivity contribution in [2.24, 2.45) is 0 Å². The summed E-state index contributed by atoms with van der Waals surface area (Å²) >= 11 is 0. The molecule has 0 saturated carbocycles. The van der Waals surface area contributed by atoms with Gasteiger partial charge in [-0.25, -0.2) is 4.79 Å². The van der Waals surface area contributed by atoms with Crippen molar-refractivity contribution < 1.29 is 29.0 Å². The topological polar surface area (TPSA) is 108 Å². The van der Waals surface area contributed by atoms with E-state index in [-0.39, 0.29) is 39.5 Å². The van der Waals surface area contributed by atoms with Gasteiger partial charge in [-0.15, -0.1) is 0 Å². The van der Waals surface area contributed by atoms with E-state index in [1.54, 1.807) is 36.4 Å². The number of carbonyl (C=O) groups is 2. The summed E-state index contributed by atoms with van der Waals surface area (Å²) < 4.78 is 16.2. The number of para-hydroxylation sites is 1. The maximum absolute atomic E-state index is 12.6. The molecular formula is C23H16NO7-. The SMILES string of the molecule is COc1ccccc1C(=O)Oc1ccc2c(c1)OC(=Cc1cccc(N([O-])O)c1)C2=O. The number of rotatable bonds is 5. The molecule has 0 amide bonds. The fraction of sp³-hybridized carbons (Fsp3) is 0.0435. The second kappa shape index (κ2) is 8.31. The number of ether oxygens (including phenoxy) is 3. The number of Topliss-reactive ketones (excluding diaryl/α,β-unsaturated/α-hetero) is 1. The second-order valence-corrected chi connectivity index (χ2v) is 6.56. The summed E-state index contributed by atoms with van der Waals surface area (Å²) in [7, 11) is 1.46. The third kappa shape index (κ3) is 4.11. The van der Waals surface area contributed by atoms with E-state index in [1.165, 1.54) is 43.5 Å². The molecule has 156 valence electrons. The van der Waals surface area contributed by atoms with E-state index in [4.69, 9.17) is 19.4 Å². The Labute approximate surface area is 177 Å². The van der Waals surface area contributed by atoms with Crippen molar-refractivity contribution in [1.29, 1.82) is 0 Å². The van der Waals surface area contributed by atoms with Crippen molar-refractivity contribution in [1.82, 2.24) is 0 Å². The normalized spacial score (nSPS) is 13.5. The predicted octanol–water partition coefficient (Wildman–Crippen LogP) is 4.22. The average Bonchev–Trinajstić information content (AvgIpc) is 3.08. The molecular weight excluding hydrogens is 402 g/mol. The number of ketones is 1. The van der Waals surface area contributed by atoms with E-state index in [1.807, 2.05) is 0 Å². The van der Waals surface area contributed by atoms with Crippen molar-refractivity contribution in [2.45, 2.75) is 0 Å². The lowest BCUT2D eigenvalue weighted by Gasteiger charge is -2.21. The van der Waals surface area contributed by atoms with Crippen LogP contribution in [0.3, 0.4) is 0 Å². The van der Waals surface area contributed by atoms with Crippen LogP contribution in [0.4, 0.5) is 5.69 Å². The molecule has 1 aliphatic heterocycles. The summed E-state index contributed by atoms with van der Waals surface area (Å²) in [6.07, 6.45) is 1.45. The molecule has 4 rings (SSSR count). The highest BCUT2D eigenvalue weighted by atomic mass is 16.8. The van der Waals surface area contributed by atoms with Gasteiger partial charge in [0.1, 0.15) is 22.8 Å². The Kier molecular flexibility index (Phi) is 5.40. The van der Waals surface area contributed by atoms with Gasteiger partial charge in [0, 0.05) is 6.07 Å². The first-order valence-electron chi connectivity index (χ1n) is 9.16. The Hall–Kier alpha value is -4.14. The molecule has 0 unspecified atom stereocenters. The molecule has 0 spiro atoms. The highest BCUT2D eigenvalue weighted by molar-refractivity contribution is 6.14. The summed E-state index contributed by atoms with van der Waals surface area (Å²) in [6.45, 7) is 0. The Morgan fingerprint density at radius 2 is 1.90 bits per heavy atom. The molecule has 3 aromatic carbocycles. The zero-order chi connectivity index (χ0) is 22.0. The number of allylic oxidation sites excluding steroid dienone is 1. The zero-order valence-corrected chi connectivity index (χ0v) is 16.3. The molecule has 0 saturated heterocycles. The van der Waals surface area contributed by atoms with Gasteiger partial charge in [0.15, 0.2) is 5.76 Å². The number of hydrogen-bond acceptors (Lipinski definition) is 8. The van der Waals surface area contributed by atoms with Crippen LogP contribution in [0.15, 0.2) is 72.5 Å². The quantitative estimate of drug-likeness (QED) is 0.284. The van der Waals surface area contributed by atoms with Crippen LogP contribution < -0.4 is 19.4 Å². The van der Waals surface area contributed by atoms with Gasteiger partial charge in [0.25, 0.3) is 0 Å². The standard InChI is InChI=1S/C23H16NO7/c1-29-19-8-3-2-7-18(19)23(26)30-16-9-10-17-20(13-16)31-21(22(17)25)12-14-5-4-6-15(11-14)24(27)28/h2-13,27H,1H3/q-1. The lowest BCUT2D eigenvalue weighted by Crippen LogP contribution is -2.10. The van der Waals surface area contributed by atoms with Crippen LogP contribution in [0.1, 0.15) is 26.3 Å². The molecule has 8 heteroatoms. The number of esters is 1. The van der Waals surface area contributed by atoms with E-state index in [9.17, 15) is 14.8 Å². The van der Waals surface area contributed by atoms with Gasteiger partial charge in [-0.05, 0) is 48.0 Å². The van der Waals surface area contributed by atoms with Crippen molar-refractivity contribution in [3.63, 3.8) is 0 Å². The Morgan fingerprint density at radius 3 is 2.68 bits per heavy atom. The molecule has 0 atom stereocenters.